The molecule has 0 saturated heterocycles. The Kier molecular flexibility index (Phi) is 4.35. The number of aromatic nitrogens is 1. The third kappa shape index (κ3) is 3.34. The molecular weight excluding hydrogens is 348 g/mol. The van der Waals surface area contributed by atoms with E-state index in [0.717, 1.165) is 4.47 Å². The van der Waals surface area contributed by atoms with E-state index in [1.807, 2.05) is 0 Å². The topological polar surface area (TPSA) is 93.3 Å². The van der Waals surface area contributed by atoms with E-state index in [4.69, 9.17) is 5.11 Å². The highest BCUT2D eigenvalue weighted by Gasteiger charge is 2.20. The monoisotopic (exact) mass is 354 g/mol. The van der Waals surface area contributed by atoms with Gasteiger partial charge in [0.1, 0.15) is 10.6 Å². The lowest BCUT2D eigenvalue weighted by Gasteiger charge is -2.03. The van der Waals surface area contributed by atoms with Gasteiger partial charge in [0, 0.05) is 21.6 Å². The van der Waals surface area contributed by atoms with Crippen LogP contribution < -0.4 is 0 Å². The number of benzene rings is 1. The Morgan fingerprint density at radius 2 is 2.10 bits per heavy atom. The molecule has 0 aliphatic heterocycles. The molecule has 2 aromatic rings. The van der Waals surface area contributed by atoms with Gasteiger partial charge in [0.2, 0.25) is 0 Å². The largest absolute Gasteiger partial charge is 0.477 e. The van der Waals surface area contributed by atoms with Crippen molar-refractivity contribution in [1.29, 1.82) is 0 Å². The summed E-state index contributed by atoms with van der Waals surface area (Å²) in [4.78, 5) is 25.8. The molecule has 8 heteroatoms. The van der Waals surface area contributed by atoms with Crippen molar-refractivity contribution in [3.63, 3.8) is 0 Å². The zero-order chi connectivity index (χ0) is 14.7. The summed E-state index contributed by atoms with van der Waals surface area (Å²) < 4.78 is 0.830. The van der Waals surface area contributed by atoms with Crippen LogP contribution in [0.25, 0.3) is 0 Å². The maximum absolute atomic E-state index is 11.0. The molecule has 0 bridgehead atoms. The molecule has 0 radical (unpaired) electrons. The third-order valence-electron chi connectivity index (χ3n) is 2.32. The number of carboxylic acids is 1. The molecule has 0 spiro atoms. The summed E-state index contributed by atoms with van der Waals surface area (Å²) in [6, 6.07) is 7.52. The standard InChI is InChI=1S/C12H7BrN2O4S/c13-7-1-4-11(14-6-7)20-8-2-3-10(15(18)19)9(5-8)12(16)17/h1-6H,(H,16,17). The van der Waals surface area contributed by atoms with Gasteiger partial charge in [0.15, 0.2) is 0 Å². The van der Waals surface area contributed by atoms with Crippen LogP contribution in [0.2, 0.25) is 0 Å². The van der Waals surface area contributed by atoms with E-state index in [1.165, 1.54) is 30.0 Å². The van der Waals surface area contributed by atoms with Gasteiger partial charge in [-0.2, -0.15) is 0 Å². The number of aromatic carboxylic acids is 1. The number of carbonyl (C=O) groups is 1. The third-order valence-corrected chi connectivity index (χ3v) is 3.73. The van der Waals surface area contributed by atoms with E-state index in [-0.39, 0.29) is 5.56 Å². The zero-order valence-electron chi connectivity index (χ0n) is 9.82. The van der Waals surface area contributed by atoms with Crippen LogP contribution >= 0.6 is 27.7 Å². The first-order chi connectivity index (χ1) is 9.47. The molecule has 2 rings (SSSR count). The van der Waals surface area contributed by atoms with E-state index < -0.39 is 16.6 Å². The highest BCUT2D eigenvalue weighted by atomic mass is 79.9. The Morgan fingerprint density at radius 1 is 1.35 bits per heavy atom. The second-order valence-electron chi connectivity index (χ2n) is 3.66. The summed E-state index contributed by atoms with van der Waals surface area (Å²) in [6.45, 7) is 0. The number of pyridine rings is 1. The van der Waals surface area contributed by atoms with Gasteiger partial charge in [-0.1, -0.05) is 11.8 Å². The lowest BCUT2D eigenvalue weighted by atomic mass is 10.2. The first-order valence-electron chi connectivity index (χ1n) is 5.28. The molecule has 0 unspecified atom stereocenters. The van der Waals surface area contributed by atoms with E-state index >= 15 is 0 Å². The fourth-order valence-electron chi connectivity index (χ4n) is 1.45. The maximum atomic E-state index is 11.0. The highest BCUT2D eigenvalue weighted by molar-refractivity contribution is 9.10. The SMILES string of the molecule is O=C(O)c1cc(Sc2ccc(Br)cn2)ccc1[N+](=O)[O-]. The van der Waals surface area contributed by atoms with Crippen LogP contribution in [0.1, 0.15) is 10.4 Å². The summed E-state index contributed by atoms with van der Waals surface area (Å²) in [5.74, 6) is -1.33. The average Bonchev–Trinajstić information content (AvgIpc) is 2.41. The van der Waals surface area contributed by atoms with Crippen molar-refractivity contribution in [2.75, 3.05) is 0 Å². The van der Waals surface area contributed by atoms with Crippen LogP contribution in [0.3, 0.4) is 0 Å². The van der Waals surface area contributed by atoms with Crippen LogP contribution in [-0.2, 0) is 0 Å². The van der Waals surface area contributed by atoms with Crippen LogP contribution in [0.4, 0.5) is 5.69 Å². The second kappa shape index (κ2) is 6.02. The smallest absolute Gasteiger partial charge is 0.342 e. The van der Waals surface area contributed by atoms with Crippen molar-refractivity contribution < 1.29 is 14.8 Å². The number of nitrogens with zero attached hydrogens (tertiary/aromatic N) is 2. The number of hydrogen-bond donors (Lipinski definition) is 1. The fourth-order valence-corrected chi connectivity index (χ4v) is 2.48. The van der Waals surface area contributed by atoms with E-state index in [2.05, 4.69) is 20.9 Å². The zero-order valence-corrected chi connectivity index (χ0v) is 12.2. The average molecular weight is 355 g/mol. The molecule has 1 aromatic heterocycles. The number of rotatable bonds is 4. The van der Waals surface area contributed by atoms with Crippen LogP contribution in [0.15, 0.2) is 50.9 Å². The number of nitro benzene ring substituents is 1. The molecule has 0 amide bonds. The molecular formula is C12H7BrN2O4S. The second-order valence-corrected chi connectivity index (χ2v) is 5.67. The van der Waals surface area contributed by atoms with Crippen LogP contribution in [-0.4, -0.2) is 21.0 Å². The van der Waals surface area contributed by atoms with Crippen molar-refractivity contribution in [3.8, 4) is 0 Å². The van der Waals surface area contributed by atoms with Crippen molar-refractivity contribution in [2.45, 2.75) is 9.92 Å². The Hall–Kier alpha value is -1.93. The number of halogens is 1. The van der Waals surface area contributed by atoms with Gasteiger partial charge in [-0.3, -0.25) is 10.1 Å². The molecule has 0 saturated carbocycles. The summed E-state index contributed by atoms with van der Waals surface area (Å²) in [6.07, 6.45) is 1.62. The minimum Gasteiger partial charge on any atom is -0.477 e. The lowest BCUT2D eigenvalue weighted by Crippen LogP contribution is -2.02. The van der Waals surface area contributed by atoms with Crippen molar-refractivity contribution in [3.05, 3.63) is 56.7 Å². The van der Waals surface area contributed by atoms with Gasteiger partial charge in [0.05, 0.1) is 4.92 Å². The summed E-state index contributed by atoms with van der Waals surface area (Å²) >= 11 is 4.49. The van der Waals surface area contributed by atoms with E-state index in [9.17, 15) is 14.9 Å². The van der Waals surface area contributed by atoms with Crippen LogP contribution in [0, 0.1) is 10.1 Å². The first kappa shape index (κ1) is 14.5. The van der Waals surface area contributed by atoms with Crippen molar-refractivity contribution in [1.82, 2.24) is 4.98 Å². The summed E-state index contributed by atoms with van der Waals surface area (Å²) in [5.41, 5.74) is -0.761. The lowest BCUT2D eigenvalue weighted by molar-refractivity contribution is -0.385. The highest BCUT2D eigenvalue weighted by Crippen LogP contribution is 2.30. The Balaban J connectivity index is 2.34. The molecule has 1 heterocycles. The van der Waals surface area contributed by atoms with Gasteiger partial charge in [-0.25, -0.2) is 9.78 Å². The number of nitro groups is 1. The quantitative estimate of drug-likeness (QED) is 0.665. The molecule has 1 aromatic carbocycles. The summed E-state index contributed by atoms with van der Waals surface area (Å²) in [5, 5.41) is 20.4. The van der Waals surface area contributed by atoms with Crippen LogP contribution in [0.5, 0.6) is 0 Å². The molecule has 0 fully saturated rings. The predicted molar refractivity (Wildman–Crippen MR) is 76.1 cm³/mol. The molecule has 102 valence electrons. The number of carboxylic acid groups (broad SMARTS) is 1. The summed E-state index contributed by atoms with van der Waals surface area (Å²) in [7, 11) is 0. The minimum absolute atomic E-state index is 0.336. The Bertz CT molecular complexity index is 676. The first-order valence-corrected chi connectivity index (χ1v) is 6.89. The van der Waals surface area contributed by atoms with Crippen molar-refractivity contribution in [2.24, 2.45) is 0 Å². The molecule has 6 nitrogen and oxygen atoms in total. The van der Waals surface area contributed by atoms with Crippen molar-refractivity contribution >= 4 is 39.3 Å². The number of hydrogen-bond acceptors (Lipinski definition) is 5. The van der Waals surface area contributed by atoms with E-state index in [1.54, 1.807) is 18.3 Å². The Labute approximate surface area is 126 Å². The molecule has 1 N–H and O–H groups in total. The van der Waals surface area contributed by atoms with Gasteiger partial charge in [-0.15, -0.1) is 0 Å². The molecule has 0 aliphatic carbocycles. The predicted octanol–water partition coefficient (Wildman–Crippen LogP) is 3.60. The molecule has 0 aliphatic rings. The van der Waals surface area contributed by atoms with Gasteiger partial charge in [0.25, 0.3) is 5.69 Å². The van der Waals surface area contributed by atoms with E-state index in [0.29, 0.717) is 9.92 Å². The molecule has 0 atom stereocenters. The normalized spacial score (nSPS) is 10.2. The maximum Gasteiger partial charge on any atom is 0.342 e. The minimum atomic E-state index is -1.33. The molecule has 20 heavy (non-hydrogen) atoms. The van der Waals surface area contributed by atoms with Gasteiger partial charge >= 0.3 is 5.97 Å². The van der Waals surface area contributed by atoms with Gasteiger partial charge in [-0.05, 0) is 40.2 Å². The Morgan fingerprint density at radius 3 is 2.65 bits per heavy atom. The van der Waals surface area contributed by atoms with Gasteiger partial charge < -0.3 is 5.11 Å². The fraction of sp³-hybridized carbons (Fsp3) is 0.